The fourth-order valence-electron chi connectivity index (χ4n) is 3.84. The first-order chi connectivity index (χ1) is 12.3. The van der Waals surface area contributed by atoms with Crippen LogP contribution >= 0.6 is 0 Å². The minimum Gasteiger partial charge on any atom is -0.365 e. The quantitative estimate of drug-likeness (QED) is 0.868. The van der Waals surface area contributed by atoms with Crippen molar-refractivity contribution >= 4 is 17.5 Å². The lowest BCUT2D eigenvalue weighted by Gasteiger charge is -2.39. The molecule has 0 saturated carbocycles. The highest BCUT2D eigenvalue weighted by Crippen LogP contribution is 2.46. The highest BCUT2D eigenvalue weighted by atomic mass is 19.1. The first-order valence-electron chi connectivity index (χ1n) is 8.43. The van der Waals surface area contributed by atoms with Gasteiger partial charge in [0.15, 0.2) is 5.78 Å². The first kappa shape index (κ1) is 16.5. The molecule has 0 unspecified atom stereocenters. The van der Waals surface area contributed by atoms with Crippen molar-refractivity contribution in [3.05, 3.63) is 58.7 Å². The van der Waals surface area contributed by atoms with Crippen LogP contribution in [0.25, 0.3) is 0 Å². The van der Waals surface area contributed by atoms with Gasteiger partial charge in [0.2, 0.25) is 0 Å². The van der Waals surface area contributed by atoms with Crippen molar-refractivity contribution in [2.45, 2.75) is 32.7 Å². The molecule has 1 aliphatic heterocycles. The molecule has 0 saturated heterocycles. The predicted molar refractivity (Wildman–Crippen MR) is 94.0 cm³/mol. The number of carbonyl (C=O) groups is 2. The number of Topliss-reactive ketones (excluding diaryl/α,β-unsaturated/α-hetero) is 1. The normalized spacial score (nSPS) is 21.0. The fraction of sp³-hybridized carbons (Fsp3) is 0.316. The summed E-state index contributed by atoms with van der Waals surface area (Å²) in [6, 6.07) is 5.47. The summed E-state index contributed by atoms with van der Waals surface area (Å²) in [6.45, 7) is 4.06. The SMILES string of the molecule is CC1(C)CC(=O)C2=C(C1)Nc1c(C(N)=O)cnn1[C@H]2c1ccc(F)cc1. The van der Waals surface area contributed by atoms with Crippen LogP contribution in [0.5, 0.6) is 0 Å². The highest BCUT2D eigenvalue weighted by molar-refractivity contribution is 6.02. The maximum Gasteiger partial charge on any atom is 0.254 e. The second-order valence-corrected chi connectivity index (χ2v) is 7.63. The largest absolute Gasteiger partial charge is 0.365 e. The number of nitrogens with two attached hydrogens (primary N) is 1. The number of ketones is 1. The summed E-state index contributed by atoms with van der Waals surface area (Å²) in [4.78, 5) is 24.7. The number of halogens is 1. The Bertz CT molecular complexity index is 956. The Morgan fingerprint density at radius 1 is 1.31 bits per heavy atom. The number of primary amides is 1. The molecular formula is C19H19FN4O2. The highest BCUT2D eigenvalue weighted by Gasteiger charge is 2.42. The molecule has 2 aromatic rings. The van der Waals surface area contributed by atoms with Crippen molar-refractivity contribution in [2.75, 3.05) is 5.32 Å². The fourth-order valence-corrected chi connectivity index (χ4v) is 3.84. The van der Waals surface area contributed by atoms with E-state index in [-0.39, 0.29) is 22.6 Å². The Kier molecular flexibility index (Phi) is 3.50. The summed E-state index contributed by atoms with van der Waals surface area (Å²) in [5, 5.41) is 7.50. The molecule has 0 spiro atoms. The number of hydrogen-bond acceptors (Lipinski definition) is 4. The van der Waals surface area contributed by atoms with E-state index in [1.807, 2.05) is 13.8 Å². The van der Waals surface area contributed by atoms with Crippen LogP contribution in [-0.4, -0.2) is 21.5 Å². The van der Waals surface area contributed by atoms with E-state index >= 15 is 0 Å². The summed E-state index contributed by atoms with van der Waals surface area (Å²) in [7, 11) is 0. The lowest BCUT2D eigenvalue weighted by Crippen LogP contribution is -2.37. The van der Waals surface area contributed by atoms with Crippen molar-refractivity contribution in [1.82, 2.24) is 9.78 Å². The van der Waals surface area contributed by atoms with Gasteiger partial charge in [-0.2, -0.15) is 5.10 Å². The number of carbonyl (C=O) groups excluding carboxylic acids is 2. The van der Waals surface area contributed by atoms with E-state index in [0.717, 1.165) is 11.3 Å². The third kappa shape index (κ3) is 2.51. The summed E-state index contributed by atoms with van der Waals surface area (Å²) >= 11 is 0. The number of nitrogens with zero attached hydrogens (tertiary/aromatic N) is 2. The van der Waals surface area contributed by atoms with Crippen molar-refractivity contribution in [1.29, 1.82) is 0 Å². The average Bonchev–Trinajstić information content (AvgIpc) is 2.96. The maximum atomic E-state index is 13.4. The van der Waals surface area contributed by atoms with Crippen molar-refractivity contribution in [3.8, 4) is 0 Å². The van der Waals surface area contributed by atoms with Crippen LogP contribution in [-0.2, 0) is 4.79 Å². The zero-order valence-electron chi connectivity index (χ0n) is 14.5. The smallest absolute Gasteiger partial charge is 0.254 e. The number of rotatable bonds is 2. The third-order valence-corrected chi connectivity index (χ3v) is 4.95. The molecule has 2 heterocycles. The van der Waals surface area contributed by atoms with Gasteiger partial charge in [-0.1, -0.05) is 26.0 Å². The molecule has 0 fully saturated rings. The van der Waals surface area contributed by atoms with E-state index in [9.17, 15) is 14.0 Å². The molecule has 2 aliphatic rings. The molecule has 1 atom stereocenters. The topological polar surface area (TPSA) is 90.0 Å². The zero-order valence-corrected chi connectivity index (χ0v) is 14.5. The number of benzene rings is 1. The van der Waals surface area contributed by atoms with Crippen LogP contribution in [0.4, 0.5) is 10.2 Å². The van der Waals surface area contributed by atoms with Crippen molar-refractivity contribution in [2.24, 2.45) is 11.1 Å². The van der Waals surface area contributed by atoms with Crippen LogP contribution in [0.3, 0.4) is 0 Å². The van der Waals surface area contributed by atoms with Crippen LogP contribution in [0, 0.1) is 11.2 Å². The van der Waals surface area contributed by atoms with Crippen molar-refractivity contribution in [3.63, 3.8) is 0 Å². The molecule has 1 aromatic carbocycles. The molecular weight excluding hydrogens is 335 g/mol. The van der Waals surface area contributed by atoms with Crippen LogP contribution < -0.4 is 11.1 Å². The molecule has 1 aromatic heterocycles. The molecule has 26 heavy (non-hydrogen) atoms. The number of hydrogen-bond donors (Lipinski definition) is 2. The number of aromatic nitrogens is 2. The number of allylic oxidation sites excluding steroid dienone is 2. The minimum atomic E-state index is -0.595. The Labute approximate surface area is 149 Å². The Balaban J connectivity index is 1.94. The minimum absolute atomic E-state index is 0.0276. The second-order valence-electron chi connectivity index (χ2n) is 7.63. The first-order valence-corrected chi connectivity index (χ1v) is 8.43. The van der Waals surface area contributed by atoms with Crippen molar-refractivity contribution < 1.29 is 14.0 Å². The Morgan fingerprint density at radius 2 is 2.00 bits per heavy atom. The van der Waals surface area contributed by atoms with E-state index < -0.39 is 11.9 Å². The molecule has 0 radical (unpaired) electrons. The number of amides is 1. The lowest BCUT2D eigenvalue weighted by atomic mass is 9.73. The lowest BCUT2D eigenvalue weighted by molar-refractivity contribution is -0.118. The zero-order chi connectivity index (χ0) is 18.6. The van der Waals surface area contributed by atoms with Gasteiger partial charge in [0.25, 0.3) is 5.91 Å². The van der Waals surface area contributed by atoms with Gasteiger partial charge < -0.3 is 11.1 Å². The number of fused-ring (bicyclic) bond motifs is 1. The van der Waals surface area contributed by atoms with Gasteiger partial charge in [0, 0.05) is 17.7 Å². The average molecular weight is 354 g/mol. The van der Waals surface area contributed by atoms with Gasteiger partial charge in [-0.25, -0.2) is 9.07 Å². The van der Waals surface area contributed by atoms with Crippen LogP contribution in [0.2, 0.25) is 0 Å². The van der Waals surface area contributed by atoms with E-state index in [1.165, 1.54) is 18.3 Å². The third-order valence-electron chi connectivity index (χ3n) is 4.95. The second kappa shape index (κ2) is 5.52. The Hall–Kier alpha value is -2.96. The van der Waals surface area contributed by atoms with Gasteiger partial charge in [0.05, 0.1) is 6.20 Å². The molecule has 0 bridgehead atoms. The molecule has 4 rings (SSSR count). The number of anilines is 1. The predicted octanol–water partition coefficient (Wildman–Crippen LogP) is 2.78. The van der Waals surface area contributed by atoms with E-state index in [4.69, 9.17) is 5.73 Å². The summed E-state index contributed by atoms with van der Waals surface area (Å²) in [6.07, 6.45) is 2.48. The molecule has 7 heteroatoms. The van der Waals surface area contributed by atoms with E-state index in [0.29, 0.717) is 24.2 Å². The van der Waals surface area contributed by atoms with Gasteiger partial charge >= 0.3 is 0 Å². The summed E-state index contributed by atoms with van der Waals surface area (Å²) in [5.41, 5.74) is 7.66. The molecule has 1 aliphatic carbocycles. The molecule has 1 amide bonds. The monoisotopic (exact) mass is 354 g/mol. The molecule has 6 nitrogen and oxygen atoms in total. The van der Waals surface area contributed by atoms with Gasteiger partial charge in [-0.05, 0) is 29.5 Å². The van der Waals surface area contributed by atoms with Crippen LogP contribution in [0.1, 0.15) is 48.7 Å². The van der Waals surface area contributed by atoms with Gasteiger partial charge in [0.1, 0.15) is 23.2 Å². The van der Waals surface area contributed by atoms with E-state index in [1.54, 1.807) is 16.8 Å². The molecule has 3 N–H and O–H groups in total. The molecule has 134 valence electrons. The van der Waals surface area contributed by atoms with Crippen LogP contribution in [0.15, 0.2) is 41.7 Å². The Morgan fingerprint density at radius 3 is 2.65 bits per heavy atom. The van der Waals surface area contributed by atoms with Gasteiger partial charge in [-0.15, -0.1) is 0 Å². The summed E-state index contributed by atoms with van der Waals surface area (Å²) < 4.78 is 15.0. The van der Waals surface area contributed by atoms with E-state index in [2.05, 4.69) is 10.4 Å². The number of nitrogens with one attached hydrogen (secondary N) is 1. The maximum absolute atomic E-state index is 13.4. The van der Waals surface area contributed by atoms with Gasteiger partial charge in [-0.3, -0.25) is 9.59 Å². The summed E-state index contributed by atoms with van der Waals surface area (Å²) in [5.74, 6) is -0.454. The standard InChI is InChI=1S/C19H19FN4O2/c1-19(2)7-13-15(14(25)8-19)16(10-3-5-11(20)6-4-10)24-18(23-13)12(9-22-24)17(21)26/h3-6,9,16,23H,7-8H2,1-2H3,(H2,21,26)/t16-/m0/s1.